The van der Waals surface area contributed by atoms with Crippen molar-refractivity contribution in [1.29, 1.82) is 0 Å². The number of hydrogen-bond donors (Lipinski definition) is 0. The lowest BCUT2D eigenvalue weighted by Gasteiger charge is -1.95. The first-order valence-corrected chi connectivity index (χ1v) is 3.33. The molecule has 0 spiro atoms. The van der Waals surface area contributed by atoms with Gasteiger partial charge in [0, 0.05) is 0 Å². The normalized spacial score (nSPS) is 12.0. The minimum Gasteiger partial charge on any atom is -0.0991 e. The van der Waals surface area contributed by atoms with Crippen LogP contribution in [0.15, 0.2) is 48.6 Å². The van der Waals surface area contributed by atoms with Crippen LogP contribution < -0.4 is 0 Å². The molecule has 0 fully saturated rings. The highest BCUT2D eigenvalue weighted by Gasteiger charge is 1.86. The van der Waals surface area contributed by atoms with E-state index < -0.39 is 0 Å². The Labute approximate surface area is 63.3 Å². The van der Waals surface area contributed by atoms with Gasteiger partial charge >= 0.3 is 0 Å². The zero-order valence-electron chi connectivity index (χ0n) is 6.72. The molecular weight excluding hydrogens is 120 g/mol. The highest BCUT2D eigenvalue weighted by molar-refractivity contribution is 5.36. The van der Waals surface area contributed by atoms with Crippen molar-refractivity contribution in [3.8, 4) is 0 Å². The highest BCUT2D eigenvalue weighted by atomic mass is 13.9. The monoisotopic (exact) mass is 134 g/mol. The third-order valence-corrected chi connectivity index (χ3v) is 1.37. The van der Waals surface area contributed by atoms with Crippen LogP contribution in [0.25, 0.3) is 0 Å². The zero-order chi connectivity index (χ0) is 7.98. The molecule has 0 saturated carbocycles. The molecule has 54 valence electrons. The van der Waals surface area contributed by atoms with Crippen LogP contribution in [0.5, 0.6) is 0 Å². The van der Waals surface area contributed by atoms with Gasteiger partial charge in [-0.05, 0) is 25.0 Å². The molecule has 0 aromatic carbocycles. The van der Waals surface area contributed by atoms with Crippen LogP contribution in [-0.4, -0.2) is 0 Å². The lowest BCUT2D eigenvalue weighted by Crippen LogP contribution is -1.75. The van der Waals surface area contributed by atoms with E-state index >= 15 is 0 Å². The molecule has 0 saturated heterocycles. The molecule has 0 unspecified atom stereocenters. The van der Waals surface area contributed by atoms with E-state index in [1.54, 1.807) is 6.08 Å². The molecule has 0 amide bonds. The van der Waals surface area contributed by atoms with E-state index in [4.69, 9.17) is 0 Å². The van der Waals surface area contributed by atoms with Crippen LogP contribution in [-0.2, 0) is 0 Å². The van der Waals surface area contributed by atoms with E-state index in [-0.39, 0.29) is 0 Å². The molecule has 0 N–H and O–H groups in total. The van der Waals surface area contributed by atoms with Gasteiger partial charge < -0.3 is 0 Å². The Balaban J connectivity index is 4.10. The third kappa shape index (κ3) is 3.08. The van der Waals surface area contributed by atoms with Crippen LogP contribution in [0.4, 0.5) is 0 Å². The Morgan fingerprint density at radius 1 is 1.40 bits per heavy atom. The summed E-state index contributed by atoms with van der Waals surface area (Å²) in [5.74, 6) is 0. The van der Waals surface area contributed by atoms with E-state index in [1.807, 2.05) is 32.1 Å². The first kappa shape index (κ1) is 8.96. The van der Waals surface area contributed by atoms with E-state index in [0.717, 1.165) is 5.57 Å². The van der Waals surface area contributed by atoms with Gasteiger partial charge in [-0.15, -0.1) is 0 Å². The molecule has 0 aromatic rings. The van der Waals surface area contributed by atoms with Crippen LogP contribution in [0, 0.1) is 0 Å². The van der Waals surface area contributed by atoms with Gasteiger partial charge in [-0.3, -0.25) is 0 Å². The van der Waals surface area contributed by atoms with Gasteiger partial charge in [0.2, 0.25) is 0 Å². The quantitative estimate of drug-likeness (QED) is 0.520. The molecule has 0 heteroatoms. The Morgan fingerprint density at radius 3 is 2.40 bits per heavy atom. The molecule has 10 heavy (non-hydrogen) atoms. The molecule has 0 radical (unpaired) electrons. The van der Waals surface area contributed by atoms with Gasteiger partial charge in [0.15, 0.2) is 0 Å². The summed E-state index contributed by atoms with van der Waals surface area (Å²) < 4.78 is 0. The maximum atomic E-state index is 3.86. The minimum atomic E-state index is 1.04. The second-order valence-corrected chi connectivity index (χ2v) is 2.09. The molecular formula is C10H14. The van der Waals surface area contributed by atoms with Crippen LogP contribution in [0.1, 0.15) is 13.8 Å². The van der Waals surface area contributed by atoms with Gasteiger partial charge in [0.25, 0.3) is 0 Å². The second kappa shape index (κ2) is 4.80. The summed E-state index contributed by atoms with van der Waals surface area (Å²) in [6.07, 6.45) is 7.61. The van der Waals surface area contributed by atoms with Crippen molar-refractivity contribution in [2.24, 2.45) is 0 Å². The van der Waals surface area contributed by atoms with Crippen molar-refractivity contribution in [2.75, 3.05) is 0 Å². The SMILES string of the molecule is C=C/C=C\C(=C)/C(C)=C\C. The summed E-state index contributed by atoms with van der Waals surface area (Å²) in [5.41, 5.74) is 2.25. The average Bonchev–Trinajstić information content (AvgIpc) is 1.98. The van der Waals surface area contributed by atoms with E-state index in [2.05, 4.69) is 13.2 Å². The fourth-order valence-electron chi connectivity index (χ4n) is 0.501. The van der Waals surface area contributed by atoms with Crippen molar-refractivity contribution in [2.45, 2.75) is 13.8 Å². The lowest BCUT2D eigenvalue weighted by molar-refractivity contribution is 1.41. The standard InChI is InChI=1S/C10H14/c1-5-7-8-10(4)9(3)6-2/h5-8H,1,4H2,2-3H3/b8-7-,9-6-. The fourth-order valence-corrected chi connectivity index (χ4v) is 0.501. The van der Waals surface area contributed by atoms with Crippen LogP contribution >= 0.6 is 0 Å². The number of allylic oxidation sites excluding steroid dienone is 6. The molecule has 0 aliphatic carbocycles. The first-order valence-electron chi connectivity index (χ1n) is 3.33. The summed E-state index contributed by atoms with van der Waals surface area (Å²) in [5, 5.41) is 0. The van der Waals surface area contributed by atoms with Crippen molar-refractivity contribution >= 4 is 0 Å². The molecule has 0 atom stereocenters. The van der Waals surface area contributed by atoms with Crippen molar-refractivity contribution in [3.63, 3.8) is 0 Å². The Bertz CT molecular complexity index is 180. The van der Waals surface area contributed by atoms with E-state index in [9.17, 15) is 0 Å². The van der Waals surface area contributed by atoms with E-state index in [1.165, 1.54) is 5.57 Å². The molecule has 0 nitrogen and oxygen atoms in total. The summed E-state index contributed by atoms with van der Waals surface area (Å²) >= 11 is 0. The predicted molar refractivity (Wildman–Crippen MR) is 47.9 cm³/mol. The lowest BCUT2D eigenvalue weighted by atomic mass is 10.1. The molecule has 0 bridgehead atoms. The van der Waals surface area contributed by atoms with Crippen molar-refractivity contribution < 1.29 is 0 Å². The minimum absolute atomic E-state index is 1.04. The van der Waals surface area contributed by atoms with E-state index in [0.29, 0.717) is 0 Å². The van der Waals surface area contributed by atoms with Gasteiger partial charge in [-0.2, -0.15) is 0 Å². The maximum Gasteiger partial charge on any atom is -0.0303 e. The number of rotatable bonds is 3. The fraction of sp³-hybridized carbons (Fsp3) is 0.200. The van der Waals surface area contributed by atoms with Crippen LogP contribution in [0.3, 0.4) is 0 Å². The molecule has 0 aromatic heterocycles. The highest BCUT2D eigenvalue weighted by Crippen LogP contribution is 2.06. The predicted octanol–water partition coefficient (Wildman–Crippen LogP) is 3.25. The summed E-state index contributed by atoms with van der Waals surface area (Å²) in [6, 6.07) is 0. The van der Waals surface area contributed by atoms with Crippen molar-refractivity contribution in [1.82, 2.24) is 0 Å². The van der Waals surface area contributed by atoms with Gasteiger partial charge in [-0.25, -0.2) is 0 Å². The zero-order valence-corrected chi connectivity index (χ0v) is 6.72. The van der Waals surface area contributed by atoms with Gasteiger partial charge in [0.1, 0.15) is 0 Å². The molecule has 0 heterocycles. The molecule has 0 aliphatic rings. The topological polar surface area (TPSA) is 0 Å². The third-order valence-electron chi connectivity index (χ3n) is 1.37. The van der Waals surface area contributed by atoms with Gasteiger partial charge in [-0.1, -0.05) is 37.5 Å². The van der Waals surface area contributed by atoms with Crippen molar-refractivity contribution in [3.05, 3.63) is 48.6 Å². The maximum absolute atomic E-state index is 3.86. The summed E-state index contributed by atoms with van der Waals surface area (Å²) in [7, 11) is 0. The second-order valence-electron chi connectivity index (χ2n) is 2.09. The Kier molecular flexibility index (Phi) is 4.30. The Morgan fingerprint density at radius 2 is 2.00 bits per heavy atom. The summed E-state index contributed by atoms with van der Waals surface area (Å²) in [6.45, 7) is 11.5. The summed E-state index contributed by atoms with van der Waals surface area (Å²) in [4.78, 5) is 0. The largest absolute Gasteiger partial charge is 0.0991 e. The average molecular weight is 134 g/mol. The molecule has 0 rings (SSSR count). The smallest absolute Gasteiger partial charge is 0.0303 e. The van der Waals surface area contributed by atoms with Gasteiger partial charge in [0.05, 0.1) is 0 Å². The molecule has 0 aliphatic heterocycles. The Hall–Kier alpha value is -1.04. The number of hydrogen-bond acceptors (Lipinski definition) is 0. The first-order chi connectivity index (χ1) is 4.72. The van der Waals surface area contributed by atoms with Crippen LogP contribution in [0.2, 0.25) is 0 Å².